The van der Waals surface area contributed by atoms with Gasteiger partial charge in [-0.1, -0.05) is 47.2 Å². The van der Waals surface area contributed by atoms with Gasteiger partial charge in [-0.3, -0.25) is 4.57 Å². The number of hydrogen-bond acceptors (Lipinski definition) is 3. The highest BCUT2D eigenvalue weighted by Gasteiger charge is 2.07. The highest BCUT2D eigenvalue weighted by atomic mass is 79.9. The summed E-state index contributed by atoms with van der Waals surface area (Å²) in [5.74, 6) is 0. The van der Waals surface area contributed by atoms with Crippen molar-refractivity contribution < 1.29 is 4.42 Å². The Morgan fingerprint density at radius 2 is 1.81 bits per heavy atom. The fraction of sp³-hybridized carbons (Fsp3) is 0.125. The summed E-state index contributed by atoms with van der Waals surface area (Å²) >= 11 is 14.4. The monoisotopic (exact) mass is 377 g/mol. The van der Waals surface area contributed by atoms with Crippen LogP contribution in [0.3, 0.4) is 0 Å². The van der Waals surface area contributed by atoms with Crippen LogP contribution < -0.4 is 0 Å². The summed E-state index contributed by atoms with van der Waals surface area (Å²) in [5.41, 5.74) is 2.90. The van der Waals surface area contributed by atoms with Gasteiger partial charge in [0.2, 0.25) is 0 Å². The summed E-state index contributed by atoms with van der Waals surface area (Å²) in [6, 6.07) is 13.9. The van der Waals surface area contributed by atoms with Crippen LogP contribution in [-0.2, 0) is 6.42 Å². The second-order valence-electron chi connectivity index (χ2n) is 4.67. The summed E-state index contributed by atoms with van der Waals surface area (Å²) in [6.07, 6.45) is 1.00. The predicted molar refractivity (Wildman–Crippen MR) is 94.3 cm³/mol. The van der Waals surface area contributed by atoms with Crippen LogP contribution in [0.5, 0.6) is 0 Å². The molecule has 2 nitrogen and oxygen atoms in total. The number of rotatable bonds is 2. The molecule has 0 N–H and O–H groups in total. The van der Waals surface area contributed by atoms with Crippen LogP contribution in [0.2, 0.25) is 0 Å². The van der Waals surface area contributed by atoms with Gasteiger partial charge in [0.05, 0.1) is 11.1 Å². The molecule has 0 atom stereocenters. The van der Waals surface area contributed by atoms with Crippen molar-refractivity contribution in [1.29, 1.82) is 0 Å². The molecule has 0 aliphatic heterocycles. The second kappa shape index (κ2) is 5.83. The molecule has 0 bridgehead atoms. The molecule has 21 heavy (non-hydrogen) atoms. The summed E-state index contributed by atoms with van der Waals surface area (Å²) in [6.45, 7) is 2.13. The Bertz CT molecular complexity index is 926. The smallest absolute Gasteiger partial charge is 0.274 e. The number of fused-ring (bicyclic) bond motifs is 1. The normalized spacial score (nSPS) is 11.0. The average Bonchev–Trinajstić information content (AvgIpc) is 2.49. The zero-order valence-electron chi connectivity index (χ0n) is 11.3. The Labute approximate surface area is 141 Å². The Morgan fingerprint density at radius 3 is 2.48 bits per heavy atom. The number of aryl methyl sites for hydroxylation is 1. The Hall–Kier alpha value is -1.30. The van der Waals surface area contributed by atoms with Crippen LogP contribution in [0, 0.1) is 9.48 Å². The average molecular weight is 378 g/mol. The van der Waals surface area contributed by atoms with Crippen molar-refractivity contribution >= 4 is 51.3 Å². The van der Waals surface area contributed by atoms with Crippen molar-refractivity contribution in [3.8, 4) is 5.69 Å². The lowest BCUT2D eigenvalue weighted by atomic mass is 10.1. The van der Waals surface area contributed by atoms with E-state index in [1.54, 1.807) is 4.57 Å². The molecule has 1 heterocycles. The summed E-state index contributed by atoms with van der Waals surface area (Å²) < 4.78 is 9.14. The first kappa shape index (κ1) is 14.6. The topological polar surface area (TPSA) is 18.1 Å². The van der Waals surface area contributed by atoms with Crippen molar-refractivity contribution in [3.05, 3.63) is 62.0 Å². The minimum atomic E-state index is 0.360. The van der Waals surface area contributed by atoms with Crippen LogP contribution in [-0.4, -0.2) is 4.57 Å². The molecule has 0 aliphatic rings. The molecule has 5 heteroatoms. The van der Waals surface area contributed by atoms with Crippen molar-refractivity contribution in [2.45, 2.75) is 13.3 Å². The molecular formula is C16H12BrNOS2. The minimum absolute atomic E-state index is 0.360. The van der Waals surface area contributed by atoms with Gasteiger partial charge < -0.3 is 4.42 Å². The number of hydrogen-bond donors (Lipinski definition) is 0. The lowest BCUT2D eigenvalue weighted by molar-refractivity contribution is 0.537. The molecule has 0 saturated heterocycles. The summed E-state index contributed by atoms with van der Waals surface area (Å²) in [4.78, 5) is 0.360. The van der Waals surface area contributed by atoms with Crippen molar-refractivity contribution in [1.82, 2.24) is 4.57 Å². The second-order valence-corrected chi connectivity index (χ2v) is 6.32. The van der Waals surface area contributed by atoms with Gasteiger partial charge in [-0.25, -0.2) is 0 Å². The largest absolute Gasteiger partial charge is 0.431 e. The third kappa shape index (κ3) is 2.73. The molecule has 0 aliphatic carbocycles. The van der Waals surface area contributed by atoms with Crippen LogP contribution in [0.4, 0.5) is 0 Å². The molecule has 0 fully saturated rings. The molecule has 3 rings (SSSR count). The van der Waals surface area contributed by atoms with Gasteiger partial charge >= 0.3 is 0 Å². The fourth-order valence-corrected chi connectivity index (χ4v) is 3.26. The van der Waals surface area contributed by atoms with Gasteiger partial charge in [0.15, 0.2) is 0 Å². The molecule has 0 amide bonds. The lowest BCUT2D eigenvalue weighted by Gasteiger charge is -2.09. The molecule has 0 radical (unpaired) electrons. The maximum atomic E-state index is 5.73. The molecule has 0 saturated carbocycles. The van der Waals surface area contributed by atoms with E-state index in [0.717, 1.165) is 22.0 Å². The predicted octanol–water partition coefficient (Wildman–Crippen LogP) is 6.01. The van der Waals surface area contributed by atoms with E-state index in [9.17, 15) is 0 Å². The molecule has 3 aromatic rings. The highest BCUT2D eigenvalue weighted by molar-refractivity contribution is 9.10. The van der Waals surface area contributed by atoms with Crippen LogP contribution in [0.15, 0.2) is 51.4 Å². The number of benzene rings is 2. The Kier molecular flexibility index (Phi) is 4.06. The van der Waals surface area contributed by atoms with E-state index in [0.29, 0.717) is 15.1 Å². The SMILES string of the molecule is CCc1ccc(-n2c(=S)oc3ccc(Br)cc3c2=S)cc1. The lowest BCUT2D eigenvalue weighted by Crippen LogP contribution is -1.99. The van der Waals surface area contributed by atoms with Crippen LogP contribution in [0.25, 0.3) is 16.7 Å². The maximum Gasteiger partial charge on any atom is 0.274 e. The van der Waals surface area contributed by atoms with Crippen LogP contribution >= 0.6 is 40.4 Å². The Balaban J connectivity index is 2.31. The van der Waals surface area contributed by atoms with Crippen molar-refractivity contribution in [3.63, 3.8) is 0 Å². The standard InChI is InChI=1S/C16H12BrNOS2/c1-2-10-3-6-12(7-4-10)18-15(20)13-9-11(17)5-8-14(13)19-16(18)21/h3-9H,2H2,1H3. The van der Waals surface area contributed by atoms with E-state index < -0.39 is 0 Å². The highest BCUT2D eigenvalue weighted by Crippen LogP contribution is 2.24. The summed E-state index contributed by atoms with van der Waals surface area (Å²) in [5, 5.41) is 0.868. The zero-order chi connectivity index (χ0) is 15.0. The third-order valence-electron chi connectivity index (χ3n) is 3.36. The van der Waals surface area contributed by atoms with Gasteiger partial charge in [0, 0.05) is 4.47 Å². The molecule has 1 aromatic heterocycles. The first-order chi connectivity index (χ1) is 10.1. The minimum Gasteiger partial charge on any atom is -0.431 e. The molecule has 2 aromatic carbocycles. The molecular weight excluding hydrogens is 366 g/mol. The Morgan fingerprint density at radius 1 is 1.10 bits per heavy atom. The van der Waals surface area contributed by atoms with E-state index >= 15 is 0 Å². The number of nitrogens with zero attached hydrogens (tertiary/aromatic N) is 1. The molecule has 106 valence electrons. The van der Waals surface area contributed by atoms with Gasteiger partial charge in [-0.05, 0) is 54.5 Å². The van der Waals surface area contributed by atoms with Crippen molar-refractivity contribution in [2.24, 2.45) is 0 Å². The zero-order valence-corrected chi connectivity index (χ0v) is 14.5. The fourth-order valence-electron chi connectivity index (χ4n) is 2.20. The maximum absolute atomic E-state index is 5.73. The summed E-state index contributed by atoms with van der Waals surface area (Å²) in [7, 11) is 0. The van der Waals surface area contributed by atoms with E-state index in [4.69, 9.17) is 28.9 Å². The first-order valence-corrected chi connectivity index (χ1v) is 8.16. The molecule has 0 unspecified atom stereocenters. The number of halogens is 1. The molecule has 0 spiro atoms. The number of aromatic nitrogens is 1. The third-order valence-corrected chi connectivity index (χ3v) is 4.52. The van der Waals surface area contributed by atoms with Gasteiger partial charge in [-0.2, -0.15) is 0 Å². The van der Waals surface area contributed by atoms with E-state index in [1.165, 1.54) is 5.56 Å². The van der Waals surface area contributed by atoms with Crippen molar-refractivity contribution in [2.75, 3.05) is 0 Å². The van der Waals surface area contributed by atoms with E-state index in [1.807, 2.05) is 30.3 Å². The first-order valence-electron chi connectivity index (χ1n) is 6.55. The van der Waals surface area contributed by atoms with Gasteiger partial charge in [0.1, 0.15) is 10.2 Å². The van der Waals surface area contributed by atoms with Gasteiger partial charge in [-0.15, -0.1) is 0 Å². The van der Waals surface area contributed by atoms with E-state index in [-0.39, 0.29) is 0 Å². The van der Waals surface area contributed by atoms with E-state index in [2.05, 4.69) is 35.0 Å². The van der Waals surface area contributed by atoms with Crippen LogP contribution in [0.1, 0.15) is 12.5 Å². The quantitative estimate of drug-likeness (QED) is 0.509. The van der Waals surface area contributed by atoms with Gasteiger partial charge in [0.25, 0.3) is 4.84 Å².